The van der Waals surface area contributed by atoms with E-state index in [1.165, 1.54) is 19.3 Å². The van der Waals surface area contributed by atoms with Crippen molar-refractivity contribution >= 4 is 17.4 Å². The van der Waals surface area contributed by atoms with Gasteiger partial charge < -0.3 is 11.5 Å². The highest BCUT2D eigenvalue weighted by Gasteiger charge is 2.06. The van der Waals surface area contributed by atoms with Crippen molar-refractivity contribution in [1.82, 2.24) is 0 Å². The molecule has 84 valence electrons. The van der Waals surface area contributed by atoms with Crippen LogP contribution in [0.25, 0.3) is 0 Å². The summed E-state index contributed by atoms with van der Waals surface area (Å²) in [4.78, 5) is 1.10. The average molecular weight is 224 g/mol. The molecule has 0 amide bonds. The van der Waals surface area contributed by atoms with Crippen LogP contribution in [0.2, 0.25) is 0 Å². The fourth-order valence-electron chi connectivity index (χ4n) is 1.41. The summed E-state index contributed by atoms with van der Waals surface area (Å²) in [6, 6.07) is 7.89. The lowest BCUT2D eigenvalue weighted by molar-refractivity contribution is 0.655. The van der Waals surface area contributed by atoms with E-state index >= 15 is 0 Å². The van der Waals surface area contributed by atoms with Gasteiger partial charge in [0.25, 0.3) is 0 Å². The minimum atomic E-state index is 0.168. The number of benzene rings is 1. The molecular formula is C12H20N2S. The van der Waals surface area contributed by atoms with Gasteiger partial charge in [0.2, 0.25) is 0 Å². The third kappa shape index (κ3) is 4.58. The van der Waals surface area contributed by atoms with E-state index < -0.39 is 0 Å². The van der Waals surface area contributed by atoms with Gasteiger partial charge in [-0.1, -0.05) is 38.3 Å². The Labute approximate surface area is 96.4 Å². The second kappa shape index (κ2) is 6.75. The van der Waals surface area contributed by atoms with Crippen LogP contribution in [0.1, 0.15) is 32.6 Å². The largest absolute Gasteiger partial charge is 0.398 e. The molecule has 0 saturated heterocycles. The van der Waals surface area contributed by atoms with E-state index in [9.17, 15) is 0 Å². The Morgan fingerprint density at radius 1 is 1.27 bits per heavy atom. The summed E-state index contributed by atoms with van der Waals surface area (Å²) in [6.45, 7) is 2.20. The van der Waals surface area contributed by atoms with Gasteiger partial charge >= 0.3 is 0 Å². The van der Waals surface area contributed by atoms with E-state index in [0.29, 0.717) is 0 Å². The molecule has 0 aromatic heterocycles. The van der Waals surface area contributed by atoms with Gasteiger partial charge in [-0.25, -0.2) is 0 Å². The van der Waals surface area contributed by atoms with Crippen LogP contribution in [0, 0.1) is 0 Å². The Hall–Kier alpha value is -0.670. The lowest BCUT2D eigenvalue weighted by Crippen LogP contribution is -2.15. The third-order valence-electron chi connectivity index (χ3n) is 2.29. The van der Waals surface area contributed by atoms with E-state index in [-0.39, 0.29) is 5.37 Å². The topological polar surface area (TPSA) is 52.0 Å². The summed E-state index contributed by atoms with van der Waals surface area (Å²) >= 11 is 1.67. The summed E-state index contributed by atoms with van der Waals surface area (Å²) in [6.07, 6.45) is 4.77. The van der Waals surface area contributed by atoms with Crippen LogP contribution in [0.4, 0.5) is 5.69 Å². The number of hydrogen-bond donors (Lipinski definition) is 2. The number of nitrogen functional groups attached to an aromatic ring is 1. The predicted octanol–water partition coefficient (Wildman–Crippen LogP) is 3.23. The minimum absolute atomic E-state index is 0.168. The number of anilines is 1. The molecule has 0 saturated carbocycles. The fourth-order valence-corrected chi connectivity index (χ4v) is 2.38. The van der Waals surface area contributed by atoms with E-state index in [4.69, 9.17) is 11.5 Å². The summed E-state index contributed by atoms with van der Waals surface area (Å²) in [5.74, 6) is 0. The van der Waals surface area contributed by atoms with Crippen LogP contribution in [-0.2, 0) is 0 Å². The SMILES string of the molecule is CCCCC[C@@H](N)Sc1ccccc1N. The van der Waals surface area contributed by atoms with Gasteiger partial charge in [0, 0.05) is 10.6 Å². The molecule has 1 aromatic rings. The normalized spacial score (nSPS) is 12.7. The molecule has 3 heteroatoms. The van der Waals surface area contributed by atoms with E-state index in [0.717, 1.165) is 17.0 Å². The molecule has 0 heterocycles. The molecule has 0 aliphatic carbocycles. The van der Waals surface area contributed by atoms with Gasteiger partial charge in [-0.3, -0.25) is 0 Å². The standard InChI is InChI=1S/C12H20N2S/c1-2-3-4-9-12(14)15-11-8-6-5-7-10(11)13/h5-8,12H,2-4,9,13-14H2,1H3/t12-/m0/s1. The Kier molecular flexibility index (Phi) is 5.58. The number of rotatable bonds is 6. The predicted molar refractivity (Wildman–Crippen MR) is 68.8 cm³/mol. The first-order chi connectivity index (χ1) is 7.24. The molecule has 15 heavy (non-hydrogen) atoms. The molecule has 2 nitrogen and oxygen atoms in total. The smallest absolute Gasteiger partial charge is 0.0555 e. The van der Waals surface area contributed by atoms with Gasteiger partial charge in [0.15, 0.2) is 0 Å². The van der Waals surface area contributed by atoms with Crippen molar-refractivity contribution in [3.63, 3.8) is 0 Å². The lowest BCUT2D eigenvalue weighted by Gasteiger charge is -2.12. The molecular weight excluding hydrogens is 204 g/mol. The fraction of sp³-hybridized carbons (Fsp3) is 0.500. The van der Waals surface area contributed by atoms with Crippen molar-refractivity contribution < 1.29 is 0 Å². The van der Waals surface area contributed by atoms with Gasteiger partial charge in [-0.2, -0.15) is 0 Å². The molecule has 1 aromatic carbocycles. The van der Waals surface area contributed by atoms with Crippen molar-refractivity contribution in [2.24, 2.45) is 5.73 Å². The van der Waals surface area contributed by atoms with Gasteiger partial charge in [-0.05, 0) is 18.6 Å². The van der Waals surface area contributed by atoms with Crippen molar-refractivity contribution in [3.05, 3.63) is 24.3 Å². The zero-order valence-electron chi connectivity index (χ0n) is 9.28. The summed E-state index contributed by atoms with van der Waals surface area (Å²) in [5.41, 5.74) is 12.7. The zero-order chi connectivity index (χ0) is 11.1. The number of para-hydroxylation sites is 1. The minimum Gasteiger partial charge on any atom is -0.398 e. The summed E-state index contributed by atoms with van der Waals surface area (Å²) < 4.78 is 0. The van der Waals surface area contributed by atoms with Crippen LogP contribution < -0.4 is 11.5 Å². The van der Waals surface area contributed by atoms with E-state index in [1.807, 2.05) is 24.3 Å². The maximum atomic E-state index is 6.02. The van der Waals surface area contributed by atoms with Crippen molar-refractivity contribution in [2.45, 2.75) is 42.9 Å². The third-order valence-corrected chi connectivity index (χ3v) is 3.45. The quantitative estimate of drug-likeness (QED) is 0.337. The molecule has 4 N–H and O–H groups in total. The van der Waals surface area contributed by atoms with Crippen molar-refractivity contribution in [2.75, 3.05) is 5.73 Å². The maximum absolute atomic E-state index is 6.02. The van der Waals surface area contributed by atoms with Crippen molar-refractivity contribution in [3.8, 4) is 0 Å². The first-order valence-corrected chi connectivity index (χ1v) is 6.38. The molecule has 1 atom stereocenters. The second-order valence-corrected chi connectivity index (χ2v) is 4.97. The molecule has 0 aliphatic rings. The Balaban J connectivity index is 2.37. The zero-order valence-corrected chi connectivity index (χ0v) is 10.1. The molecule has 0 radical (unpaired) electrons. The van der Waals surface area contributed by atoms with Crippen LogP contribution in [0.3, 0.4) is 0 Å². The highest BCUT2D eigenvalue weighted by molar-refractivity contribution is 8.00. The Morgan fingerprint density at radius 2 is 2.00 bits per heavy atom. The maximum Gasteiger partial charge on any atom is 0.0555 e. The monoisotopic (exact) mass is 224 g/mol. The van der Waals surface area contributed by atoms with Gasteiger partial charge in [0.05, 0.1) is 5.37 Å². The molecule has 0 unspecified atom stereocenters. The number of thioether (sulfide) groups is 1. The van der Waals surface area contributed by atoms with E-state index in [1.54, 1.807) is 11.8 Å². The average Bonchev–Trinajstić information content (AvgIpc) is 2.22. The number of hydrogen-bond acceptors (Lipinski definition) is 3. The molecule has 0 fully saturated rings. The number of nitrogens with two attached hydrogens (primary N) is 2. The Morgan fingerprint density at radius 3 is 2.67 bits per heavy atom. The van der Waals surface area contributed by atoms with Crippen LogP contribution >= 0.6 is 11.8 Å². The van der Waals surface area contributed by atoms with Gasteiger partial charge in [-0.15, -0.1) is 11.8 Å². The highest BCUT2D eigenvalue weighted by Crippen LogP contribution is 2.28. The van der Waals surface area contributed by atoms with Crippen molar-refractivity contribution in [1.29, 1.82) is 0 Å². The molecule has 0 spiro atoms. The van der Waals surface area contributed by atoms with Gasteiger partial charge in [0.1, 0.15) is 0 Å². The van der Waals surface area contributed by atoms with E-state index in [2.05, 4.69) is 6.92 Å². The van der Waals surface area contributed by atoms with Crippen LogP contribution in [0.5, 0.6) is 0 Å². The second-order valence-electron chi connectivity index (χ2n) is 3.69. The molecule has 0 bridgehead atoms. The first-order valence-electron chi connectivity index (χ1n) is 5.50. The summed E-state index contributed by atoms with van der Waals surface area (Å²) in [7, 11) is 0. The molecule has 1 rings (SSSR count). The lowest BCUT2D eigenvalue weighted by atomic mass is 10.2. The highest BCUT2D eigenvalue weighted by atomic mass is 32.2. The van der Waals surface area contributed by atoms with Crippen LogP contribution in [0.15, 0.2) is 29.2 Å². The number of unbranched alkanes of at least 4 members (excludes halogenated alkanes) is 2. The molecule has 0 aliphatic heterocycles. The summed E-state index contributed by atoms with van der Waals surface area (Å²) in [5, 5.41) is 0.168. The Bertz CT molecular complexity index is 289. The first kappa shape index (κ1) is 12.4. The van der Waals surface area contributed by atoms with Crippen LogP contribution in [-0.4, -0.2) is 5.37 Å².